The second-order valence-corrected chi connectivity index (χ2v) is 7.35. The summed E-state index contributed by atoms with van der Waals surface area (Å²) in [7, 11) is 3.11. The molecule has 1 heterocycles. The average molecular weight is 370 g/mol. The fraction of sp³-hybridized carbons (Fsp3) is 0.381. The van der Waals surface area contributed by atoms with E-state index in [-0.39, 0.29) is 18.0 Å². The smallest absolute Gasteiger partial charge is 0.185 e. The van der Waals surface area contributed by atoms with Gasteiger partial charge in [-0.2, -0.15) is 0 Å². The van der Waals surface area contributed by atoms with E-state index in [0.29, 0.717) is 28.9 Å². The van der Waals surface area contributed by atoms with Crippen molar-refractivity contribution in [3.63, 3.8) is 0 Å². The van der Waals surface area contributed by atoms with Crippen molar-refractivity contribution in [1.82, 2.24) is 0 Å². The third kappa shape index (κ3) is 2.81. The second kappa shape index (κ2) is 6.34. The van der Waals surface area contributed by atoms with Crippen LogP contribution in [0, 0.1) is 0 Å². The number of Topliss-reactive ketones (excluding diaryl/α,β-unsaturated/α-hetero) is 1. The Balaban J connectivity index is 1.93. The molecule has 0 radical (unpaired) electrons. The van der Waals surface area contributed by atoms with Gasteiger partial charge < -0.3 is 24.4 Å². The number of carbonyl (C=O) groups excluding carboxylic acids is 1. The highest BCUT2D eigenvalue weighted by Crippen LogP contribution is 2.51. The summed E-state index contributed by atoms with van der Waals surface area (Å²) in [5.74, 6) is 0.361. The molecule has 0 bridgehead atoms. The van der Waals surface area contributed by atoms with Crippen LogP contribution in [0.3, 0.4) is 0 Å². The van der Waals surface area contributed by atoms with Crippen LogP contribution in [0.2, 0.25) is 0 Å². The van der Waals surface area contributed by atoms with E-state index in [2.05, 4.69) is 0 Å². The topological polar surface area (TPSA) is 85.2 Å². The molecule has 0 fully saturated rings. The highest BCUT2D eigenvalue weighted by atomic mass is 16.7. The predicted molar refractivity (Wildman–Crippen MR) is 97.1 cm³/mol. The van der Waals surface area contributed by atoms with Gasteiger partial charge in [0.2, 0.25) is 0 Å². The molecule has 142 valence electrons. The van der Waals surface area contributed by atoms with Crippen molar-refractivity contribution in [2.24, 2.45) is 0 Å². The summed E-state index contributed by atoms with van der Waals surface area (Å²) < 4.78 is 17.0. The number of hydrogen-bond donors (Lipinski definition) is 2. The Hall–Kier alpha value is -2.41. The van der Waals surface area contributed by atoms with Crippen molar-refractivity contribution in [1.29, 1.82) is 0 Å². The number of aromatic hydroxyl groups is 1. The summed E-state index contributed by atoms with van der Waals surface area (Å²) in [4.78, 5) is 12.9. The van der Waals surface area contributed by atoms with Crippen LogP contribution in [-0.2, 0) is 15.9 Å². The number of ketones is 1. The third-order valence-corrected chi connectivity index (χ3v) is 5.27. The third-order valence-electron chi connectivity index (χ3n) is 5.27. The normalized spacial score (nSPS) is 26.6. The van der Waals surface area contributed by atoms with Crippen LogP contribution in [-0.4, -0.2) is 35.8 Å². The fourth-order valence-electron chi connectivity index (χ4n) is 4.19. The number of methoxy groups -OCH3 is 2. The predicted octanol–water partition coefficient (Wildman–Crippen LogP) is 3.05. The van der Waals surface area contributed by atoms with E-state index in [0.717, 1.165) is 11.1 Å². The molecule has 0 saturated carbocycles. The first-order valence-electron chi connectivity index (χ1n) is 8.81. The molecule has 2 aliphatic rings. The molecular weight excluding hydrogens is 348 g/mol. The number of carbonyl (C=O) groups is 1. The number of phenolic OH excluding ortho intramolecular Hbond substituents is 1. The van der Waals surface area contributed by atoms with Gasteiger partial charge in [0.1, 0.15) is 17.6 Å². The first kappa shape index (κ1) is 18.0. The highest BCUT2D eigenvalue weighted by Gasteiger charge is 2.42. The second-order valence-electron chi connectivity index (χ2n) is 7.35. The molecule has 2 aromatic carbocycles. The van der Waals surface area contributed by atoms with Crippen LogP contribution in [0.5, 0.6) is 11.5 Å². The van der Waals surface area contributed by atoms with E-state index in [9.17, 15) is 15.0 Å². The number of ether oxygens (including phenoxy) is 3. The monoisotopic (exact) mass is 370 g/mol. The van der Waals surface area contributed by atoms with E-state index in [1.54, 1.807) is 33.3 Å². The number of benzene rings is 2. The highest BCUT2D eigenvalue weighted by molar-refractivity contribution is 6.01. The van der Waals surface area contributed by atoms with Crippen molar-refractivity contribution >= 4 is 5.78 Å². The quantitative estimate of drug-likeness (QED) is 0.864. The van der Waals surface area contributed by atoms with Crippen LogP contribution in [0.15, 0.2) is 30.3 Å². The van der Waals surface area contributed by atoms with Crippen LogP contribution in [0.25, 0.3) is 0 Å². The van der Waals surface area contributed by atoms with Gasteiger partial charge in [-0.25, -0.2) is 0 Å². The maximum Gasteiger partial charge on any atom is 0.185 e. The molecule has 2 aromatic rings. The minimum atomic E-state index is -1.10. The minimum absolute atomic E-state index is 0.00430. The Kier molecular flexibility index (Phi) is 4.22. The van der Waals surface area contributed by atoms with Gasteiger partial charge in [-0.15, -0.1) is 0 Å². The molecule has 6 heteroatoms. The van der Waals surface area contributed by atoms with Gasteiger partial charge in [0.25, 0.3) is 0 Å². The summed E-state index contributed by atoms with van der Waals surface area (Å²) in [5.41, 5.74) is 1.96. The fourth-order valence-corrected chi connectivity index (χ4v) is 4.19. The Bertz CT molecular complexity index is 917. The van der Waals surface area contributed by atoms with E-state index in [4.69, 9.17) is 14.2 Å². The zero-order valence-electron chi connectivity index (χ0n) is 15.5. The summed E-state index contributed by atoms with van der Waals surface area (Å²) in [6, 6.07) is 8.77. The first-order chi connectivity index (χ1) is 12.9. The Labute approximate surface area is 157 Å². The van der Waals surface area contributed by atoms with Crippen molar-refractivity contribution in [2.45, 2.75) is 37.8 Å². The van der Waals surface area contributed by atoms with Crippen LogP contribution in [0.4, 0.5) is 0 Å². The van der Waals surface area contributed by atoms with Crippen molar-refractivity contribution in [3.8, 4) is 11.5 Å². The minimum Gasteiger partial charge on any atom is -0.508 e. The summed E-state index contributed by atoms with van der Waals surface area (Å²) in [5, 5.41) is 21.0. The van der Waals surface area contributed by atoms with Crippen LogP contribution < -0.4 is 4.74 Å². The molecule has 0 amide bonds. The van der Waals surface area contributed by atoms with Gasteiger partial charge in [0.05, 0.1) is 12.7 Å². The number of phenols is 1. The summed E-state index contributed by atoms with van der Waals surface area (Å²) >= 11 is 0. The van der Waals surface area contributed by atoms with E-state index in [1.807, 2.05) is 18.2 Å². The molecule has 27 heavy (non-hydrogen) atoms. The Morgan fingerprint density at radius 1 is 1.15 bits per heavy atom. The van der Waals surface area contributed by atoms with Gasteiger partial charge >= 0.3 is 0 Å². The molecule has 1 aliphatic heterocycles. The molecule has 0 aromatic heterocycles. The lowest BCUT2D eigenvalue weighted by molar-refractivity contribution is -0.132. The maximum atomic E-state index is 12.9. The number of hydrogen-bond acceptors (Lipinski definition) is 6. The zero-order valence-corrected chi connectivity index (χ0v) is 15.5. The van der Waals surface area contributed by atoms with Gasteiger partial charge in [-0.3, -0.25) is 4.79 Å². The van der Waals surface area contributed by atoms with Gasteiger partial charge in [-0.1, -0.05) is 18.2 Å². The number of aliphatic hydroxyl groups is 1. The Morgan fingerprint density at radius 3 is 2.63 bits per heavy atom. The van der Waals surface area contributed by atoms with Crippen molar-refractivity contribution < 1.29 is 29.2 Å². The molecule has 0 spiro atoms. The molecule has 2 N–H and O–H groups in total. The molecule has 0 saturated heterocycles. The van der Waals surface area contributed by atoms with Crippen LogP contribution in [0.1, 0.15) is 58.4 Å². The Morgan fingerprint density at radius 2 is 1.93 bits per heavy atom. The van der Waals surface area contributed by atoms with Gasteiger partial charge in [0, 0.05) is 42.2 Å². The average Bonchev–Trinajstić information content (AvgIpc) is 3.00. The van der Waals surface area contributed by atoms with Gasteiger partial charge in [0.15, 0.2) is 12.1 Å². The summed E-state index contributed by atoms with van der Waals surface area (Å²) in [6.45, 7) is 1.64. The zero-order chi connectivity index (χ0) is 19.3. The van der Waals surface area contributed by atoms with E-state index >= 15 is 0 Å². The van der Waals surface area contributed by atoms with E-state index < -0.39 is 18.0 Å². The molecule has 3 atom stereocenters. The van der Waals surface area contributed by atoms with Gasteiger partial charge in [-0.05, 0) is 24.6 Å². The molecular formula is C21H22O6. The lowest BCUT2D eigenvalue weighted by Crippen LogP contribution is -2.36. The van der Waals surface area contributed by atoms with Crippen molar-refractivity contribution in [3.05, 3.63) is 58.1 Å². The van der Waals surface area contributed by atoms with Crippen molar-refractivity contribution in [2.75, 3.05) is 14.2 Å². The SMILES string of the molecule is COc1cccc2c1[C@@H](c1c(O)ccc3c1C(=O)C[C@](C)(O)C3)O[C@@H]2OC. The lowest BCUT2D eigenvalue weighted by atomic mass is 9.77. The standard InChI is InChI=1S/C21H22O6/c1-21(24)9-11-7-8-13(22)18(16(11)14(23)10-21)19-17-12(20(26-3)27-19)5-4-6-15(17)25-2/h4-8,19-20,22,24H,9-10H2,1-3H3/t19-,20-,21+/m0/s1. The van der Waals surface area contributed by atoms with Crippen LogP contribution >= 0.6 is 0 Å². The van der Waals surface area contributed by atoms with E-state index in [1.165, 1.54) is 0 Å². The molecule has 4 rings (SSSR count). The first-order valence-corrected chi connectivity index (χ1v) is 8.81. The summed E-state index contributed by atoms with van der Waals surface area (Å²) in [6.07, 6.45) is -1.00. The molecule has 1 aliphatic carbocycles. The largest absolute Gasteiger partial charge is 0.508 e. The molecule has 0 unspecified atom stereocenters. The number of fused-ring (bicyclic) bond motifs is 2. The lowest BCUT2D eigenvalue weighted by Gasteiger charge is -2.31. The maximum absolute atomic E-state index is 12.9. The molecule has 6 nitrogen and oxygen atoms in total. The number of rotatable bonds is 3.